The standard InChI is InChI=1S/C14H14N4O2/c1-9-7-10(2)17-13(16-9)14(20)18-15-8-11-5-3-4-6-12(11)19/h3-8,19H,1-2H3,(H,18,20)/b15-8+. The van der Waals surface area contributed by atoms with Crippen LogP contribution < -0.4 is 5.43 Å². The molecule has 0 bridgehead atoms. The van der Waals surface area contributed by atoms with Gasteiger partial charge in [0.15, 0.2) is 0 Å². The number of para-hydroxylation sites is 1. The number of phenolic OH excluding ortho intramolecular Hbond substituents is 1. The number of hydrogen-bond acceptors (Lipinski definition) is 5. The Bertz CT molecular complexity index is 648. The first-order valence-electron chi connectivity index (χ1n) is 6.00. The molecule has 1 amide bonds. The Morgan fingerprint density at radius 2 is 1.90 bits per heavy atom. The van der Waals surface area contributed by atoms with Gasteiger partial charge in [-0.15, -0.1) is 0 Å². The minimum atomic E-state index is -0.497. The molecule has 0 aliphatic rings. The summed E-state index contributed by atoms with van der Waals surface area (Å²) in [4.78, 5) is 19.9. The molecule has 1 aromatic heterocycles. The molecule has 6 nitrogen and oxygen atoms in total. The number of amides is 1. The van der Waals surface area contributed by atoms with Crippen LogP contribution in [0.15, 0.2) is 35.4 Å². The normalized spacial score (nSPS) is 10.7. The summed E-state index contributed by atoms with van der Waals surface area (Å²) in [5.74, 6) is -0.339. The van der Waals surface area contributed by atoms with Gasteiger partial charge in [0.05, 0.1) is 6.21 Å². The Labute approximate surface area is 116 Å². The Morgan fingerprint density at radius 1 is 1.25 bits per heavy atom. The fraction of sp³-hybridized carbons (Fsp3) is 0.143. The van der Waals surface area contributed by atoms with Crippen molar-refractivity contribution in [3.8, 4) is 5.75 Å². The molecule has 1 heterocycles. The zero-order valence-corrected chi connectivity index (χ0v) is 11.2. The number of carbonyl (C=O) groups excluding carboxylic acids is 1. The lowest BCUT2D eigenvalue weighted by Crippen LogP contribution is -2.21. The van der Waals surface area contributed by atoms with Crippen LogP contribution in [-0.2, 0) is 0 Å². The molecule has 2 N–H and O–H groups in total. The van der Waals surface area contributed by atoms with Crippen molar-refractivity contribution in [1.82, 2.24) is 15.4 Å². The van der Waals surface area contributed by atoms with E-state index in [0.29, 0.717) is 17.0 Å². The van der Waals surface area contributed by atoms with Gasteiger partial charge in [0.1, 0.15) is 5.75 Å². The summed E-state index contributed by atoms with van der Waals surface area (Å²) in [6, 6.07) is 8.46. The van der Waals surface area contributed by atoms with Crippen LogP contribution in [0.4, 0.5) is 0 Å². The fourth-order valence-electron chi connectivity index (χ4n) is 1.63. The van der Waals surface area contributed by atoms with Gasteiger partial charge in [-0.25, -0.2) is 15.4 Å². The van der Waals surface area contributed by atoms with Crippen molar-refractivity contribution in [3.05, 3.63) is 53.1 Å². The molecule has 1 aromatic carbocycles. The molecular formula is C14H14N4O2. The van der Waals surface area contributed by atoms with Crippen molar-refractivity contribution in [1.29, 1.82) is 0 Å². The summed E-state index contributed by atoms with van der Waals surface area (Å²) in [5.41, 5.74) is 4.26. The van der Waals surface area contributed by atoms with Gasteiger partial charge < -0.3 is 5.11 Å². The Balaban J connectivity index is 2.07. The average molecular weight is 270 g/mol. The fourth-order valence-corrected chi connectivity index (χ4v) is 1.63. The van der Waals surface area contributed by atoms with Crippen molar-refractivity contribution in [2.24, 2.45) is 5.10 Å². The summed E-state index contributed by atoms with van der Waals surface area (Å²) >= 11 is 0. The van der Waals surface area contributed by atoms with E-state index in [1.54, 1.807) is 38.1 Å². The number of rotatable bonds is 3. The Hall–Kier alpha value is -2.76. The average Bonchev–Trinajstić information content (AvgIpc) is 2.39. The summed E-state index contributed by atoms with van der Waals surface area (Å²) < 4.78 is 0. The molecule has 6 heteroatoms. The van der Waals surface area contributed by atoms with Gasteiger partial charge in [-0.05, 0) is 32.0 Å². The first-order valence-corrected chi connectivity index (χ1v) is 6.00. The van der Waals surface area contributed by atoms with E-state index in [2.05, 4.69) is 20.5 Å². The van der Waals surface area contributed by atoms with Crippen LogP contribution in [0.2, 0.25) is 0 Å². The van der Waals surface area contributed by atoms with Crippen LogP contribution in [0, 0.1) is 13.8 Å². The largest absolute Gasteiger partial charge is 0.507 e. The third kappa shape index (κ3) is 3.38. The molecule has 0 fully saturated rings. The van der Waals surface area contributed by atoms with Crippen LogP contribution in [0.1, 0.15) is 27.6 Å². The molecule has 102 valence electrons. The maximum atomic E-state index is 11.8. The van der Waals surface area contributed by atoms with Gasteiger partial charge >= 0.3 is 5.91 Å². The zero-order valence-electron chi connectivity index (χ0n) is 11.2. The molecule has 0 aliphatic carbocycles. The number of aromatic nitrogens is 2. The number of benzene rings is 1. The van der Waals surface area contributed by atoms with Gasteiger partial charge in [-0.1, -0.05) is 12.1 Å². The van der Waals surface area contributed by atoms with E-state index in [-0.39, 0.29) is 11.6 Å². The van der Waals surface area contributed by atoms with E-state index in [0.717, 1.165) is 0 Å². The van der Waals surface area contributed by atoms with Crippen molar-refractivity contribution >= 4 is 12.1 Å². The highest BCUT2D eigenvalue weighted by Gasteiger charge is 2.09. The molecule has 2 rings (SSSR count). The summed E-state index contributed by atoms with van der Waals surface area (Å²) in [6.45, 7) is 3.58. The van der Waals surface area contributed by atoms with E-state index in [4.69, 9.17) is 0 Å². The third-order valence-corrected chi connectivity index (χ3v) is 2.49. The van der Waals surface area contributed by atoms with Crippen LogP contribution in [0.5, 0.6) is 5.75 Å². The molecule has 0 saturated carbocycles. The van der Waals surface area contributed by atoms with Crippen LogP contribution >= 0.6 is 0 Å². The van der Waals surface area contributed by atoms with E-state index >= 15 is 0 Å². The lowest BCUT2D eigenvalue weighted by atomic mass is 10.2. The van der Waals surface area contributed by atoms with Crippen molar-refractivity contribution in [2.45, 2.75) is 13.8 Å². The maximum absolute atomic E-state index is 11.8. The van der Waals surface area contributed by atoms with Crippen LogP contribution in [0.3, 0.4) is 0 Å². The summed E-state index contributed by atoms with van der Waals surface area (Å²) in [5, 5.41) is 13.3. The summed E-state index contributed by atoms with van der Waals surface area (Å²) in [6.07, 6.45) is 1.36. The number of nitrogens with zero attached hydrogens (tertiary/aromatic N) is 3. The molecule has 2 aromatic rings. The highest BCUT2D eigenvalue weighted by atomic mass is 16.3. The number of nitrogens with one attached hydrogen (secondary N) is 1. The first kappa shape index (κ1) is 13.7. The van der Waals surface area contributed by atoms with E-state index in [9.17, 15) is 9.90 Å². The lowest BCUT2D eigenvalue weighted by Gasteiger charge is -2.01. The Kier molecular flexibility index (Phi) is 4.05. The molecular weight excluding hydrogens is 256 g/mol. The van der Waals surface area contributed by atoms with E-state index in [1.165, 1.54) is 12.3 Å². The van der Waals surface area contributed by atoms with Crippen molar-refractivity contribution in [2.75, 3.05) is 0 Å². The molecule has 0 spiro atoms. The monoisotopic (exact) mass is 270 g/mol. The zero-order chi connectivity index (χ0) is 14.5. The SMILES string of the molecule is Cc1cc(C)nc(C(=O)N/N=C/c2ccccc2O)n1. The third-order valence-electron chi connectivity index (χ3n) is 2.49. The van der Waals surface area contributed by atoms with Crippen LogP contribution in [-0.4, -0.2) is 27.2 Å². The van der Waals surface area contributed by atoms with E-state index in [1.807, 2.05) is 0 Å². The number of aromatic hydroxyl groups is 1. The minimum absolute atomic E-state index is 0.0666. The predicted molar refractivity (Wildman–Crippen MR) is 74.7 cm³/mol. The molecule has 20 heavy (non-hydrogen) atoms. The second-order valence-electron chi connectivity index (χ2n) is 4.23. The first-order chi connectivity index (χ1) is 9.56. The van der Waals surface area contributed by atoms with Crippen LogP contribution in [0.25, 0.3) is 0 Å². The molecule has 0 unspecified atom stereocenters. The number of aryl methyl sites for hydroxylation is 2. The molecule has 0 atom stereocenters. The highest BCUT2D eigenvalue weighted by molar-refractivity contribution is 5.91. The second kappa shape index (κ2) is 5.92. The van der Waals surface area contributed by atoms with Gasteiger partial charge in [0.25, 0.3) is 0 Å². The number of hydrogen-bond donors (Lipinski definition) is 2. The lowest BCUT2D eigenvalue weighted by molar-refractivity contribution is 0.0944. The maximum Gasteiger partial charge on any atom is 0.309 e. The van der Waals surface area contributed by atoms with Gasteiger partial charge in [-0.2, -0.15) is 5.10 Å². The smallest absolute Gasteiger partial charge is 0.309 e. The summed E-state index contributed by atoms with van der Waals surface area (Å²) in [7, 11) is 0. The highest BCUT2D eigenvalue weighted by Crippen LogP contribution is 2.12. The molecule has 0 aliphatic heterocycles. The minimum Gasteiger partial charge on any atom is -0.507 e. The molecule has 0 radical (unpaired) electrons. The van der Waals surface area contributed by atoms with Gasteiger partial charge in [0.2, 0.25) is 5.82 Å². The number of phenols is 1. The van der Waals surface area contributed by atoms with Gasteiger partial charge in [0, 0.05) is 17.0 Å². The van der Waals surface area contributed by atoms with Gasteiger partial charge in [-0.3, -0.25) is 4.79 Å². The van der Waals surface area contributed by atoms with E-state index < -0.39 is 5.91 Å². The quantitative estimate of drug-likeness (QED) is 0.654. The topological polar surface area (TPSA) is 87.5 Å². The Morgan fingerprint density at radius 3 is 2.55 bits per heavy atom. The number of carbonyl (C=O) groups is 1. The predicted octanol–water partition coefficient (Wildman–Crippen LogP) is 1.56. The van der Waals surface area contributed by atoms with Crippen molar-refractivity contribution < 1.29 is 9.90 Å². The second-order valence-corrected chi connectivity index (χ2v) is 4.23. The molecule has 0 saturated heterocycles. The number of hydrazone groups is 1. The van der Waals surface area contributed by atoms with Crippen molar-refractivity contribution in [3.63, 3.8) is 0 Å².